The van der Waals surface area contributed by atoms with Gasteiger partial charge in [0.05, 0.1) is 20.6 Å². The standard InChI is InChI=1S/C27H30N2O4S/c1-32-23-15-14-19(17-24(23)33-2)26(27(31)28-20-9-6-7-10-20)29(21-11-4-3-5-12-21)25(30)18-22-13-8-16-34-22/h3-5,8,11-17,20,26H,6-7,9-10,18H2,1-2H3,(H,28,31). The summed E-state index contributed by atoms with van der Waals surface area (Å²) in [5.41, 5.74) is 1.34. The molecule has 2 amide bonds. The Hall–Kier alpha value is -3.32. The van der Waals surface area contributed by atoms with E-state index in [1.54, 1.807) is 31.3 Å². The van der Waals surface area contributed by atoms with E-state index in [1.165, 1.54) is 11.3 Å². The van der Waals surface area contributed by atoms with Crippen molar-refractivity contribution in [1.29, 1.82) is 0 Å². The van der Waals surface area contributed by atoms with Crippen LogP contribution >= 0.6 is 11.3 Å². The summed E-state index contributed by atoms with van der Waals surface area (Å²) < 4.78 is 10.9. The second kappa shape index (κ2) is 11.2. The summed E-state index contributed by atoms with van der Waals surface area (Å²) in [7, 11) is 3.13. The maximum absolute atomic E-state index is 13.8. The molecular weight excluding hydrogens is 448 g/mol. The van der Waals surface area contributed by atoms with Crippen LogP contribution in [0.3, 0.4) is 0 Å². The first-order valence-electron chi connectivity index (χ1n) is 11.5. The van der Waals surface area contributed by atoms with Crippen molar-refractivity contribution in [3.63, 3.8) is 0 Å². The van der Waals surface area contributed by atoms with Gasteiger partial charge in [-0.15, -0.1) is 11.3 Å². The molecule has 1 fully saturated rings. The van der Waals surface area contributed by atoms with Crippen molar-refractivity contribution in [1.82, 2.24) is 5.32 Å². The molecule has 178 valence electrons. The first-order chi connectivity index (χ1) is 16.6. The van der Waals surface area contributed by atoms with Gasteiger partial charge in [0, 0.05) is 16.6 Å². The van der Waals surface area contributed by atoms with Crippen LogP contribution in [0.1, 0.15) is 42.2 Å². The number of methoxy groups -OCH3 is 2. The van der Waals surface area contributed by atoms with E-state index < -0.39 is 6.04 Å². The van der Waals surface area contributed by atoms with Crippen molar-refractivity contribution >= 4 is 28.8 Å². The van der Waals surface area contributed by atoms with Crippen LogP contribution in [0.5, 0.6) is 11.5 Å². The van der Waals surface area contributed by atoms with E-state index in [4.69, 9.17) is 9.47 Å². The van der Waals surface area contributed by atoms with E-state index in [0.717, 1.165) is 30.6 Å². The fourth-order valence-electron chi connectivity index (χ4n) is 4.46. The summed E-state index contributed by atoms with van der Waals surface area (Å²) in [6.07, 6.45) is 4.34. The number of benzene rings is 2. The Bertz CT molecular complexity index is 1100. The predicted octanol–water partition coefficient (Wildman–Crippen LogP) is 5.14. The van der Waals surface area contributed by atoms with E-state index in [1.807, 2.05) is 53.9 Å². The van der Waals surface area contributed by atoms with Gasteiger partial charge in [0.25, 0.3) is 0 Å². The lowest BCUT2D eigenvalue weighted by Gasteiger charge is -2.32. The number of thiophene rings is 1. The number of nitrogens with one attached hydrogen (secondary N) is 1. The normalized spacial score (nSPS) is 14.4. The fourth-order valence-corrected chi connectivity index (χ4v) is 5.16. The molecule has 1 unspecified atom stereocenters. The van der Waals surface area contributed by atoms with E-state index in [0.29, 0.717) is 22.7 Å². The number of carbonyl (C=O) groups is 2. The summed E-state index contributed by atoms with van der Waals surface area (Å²) in [5.74, 6) is 0.743. The van der Waals surface area contributed by atoms with Gasteiger partial charge in [0.1, 0.15) is 6.04 Å². The molecular formula is C27H30N2O4S. The summed E-state index contributed by atoms with van der Waals surface area (Å²) in [6.45, 7) is 0. The third kappa shape index (κ3) is 5.42. The van der Waals surface area contributed by atoms with Gasteiger partial charge in [-0.3, -0.25) is 14.5 Å². The summed E-state index contributed by atoms with van der Waals surface area (Å²) in [5, 5.41) is 5.16. The first-order valence-corrected chi connectivity index (χ1v) is 12.4. The van der Waals surface area contributed by atoms with Crippen LogP contribution in [0.15, 0.2) is 66.0 Å². The van der Waals surface area contributed by atoms with E-state index in [-0.39, 0.29) is 24.3 Å². The minimum absolute atomic E-state index is 0.125. The Balaban J connectivity index is 1.78. The molecule has 0 aliphatic heterocycles. The molecule has 7 heteroatoms. The monoisotopic (exact) mass is 478 g/mol. The Morgan fingerprint density at radius 2 is 1.74 bits per heavy atom. The molecule has 34 heavy (non-hydrogen) atoms. The molecule has 0 bridgehead atoms. The first kappa shape index (κ1) is 23.8. The van der Waals surface area contributed by atoms with Gasteiger partial charge in [0.2, 0.25) is 11.8 Å². The van der Waals surface area contributed by atoms with Crippen molar-refractivity contribution in [3.8, 4) is 11.5 Å². The smallest absolute Gasteiger partial charge is 0.248 e. The molecule has 2 aromatic carbocycles. The lowest BCUT2D eigenvalue weighted by Crippen LogP contribution is -2.46. The van der Waals surface area contributed by atoms with Crippen LogP contribution in [0.25, 0.3) is 0 Å². The molecule has 1 N–H and O–H groups in total. The molecule has 1 aliphatic rings. The molecule has 0 radical (unpaired) electrons. The minimum Gasteiger partial charge on any atom is -0.493 e. The Labute approximate surface area is 204 Å². The number of hydrogen-bond donors (Lipinski definition) is 1. The molecule has 1 aromatic heterocycles. The van der Waals surface area contributed by atoms with Crippen LogP contribution in [-0.4, -0.2) is 32.1 Å². The maximum Gasteiger partial charge on any atom is 0.248 e. The number of para-hydroxylation sites is 1. The van der Waals surface area contributed by atoms with Crippen molar-refractivity contribution in [2.45, 2.75) is 44.2 Å². The van der Waals surface area contributed by atoms with Crippen LogP contribution in [0.2, 0.25) is 0 Å². The fraction of sp³-hybridized carbons (Fsp3) is 0.333. The second-order valence-electron chi connectivity index (χ2n) is 8.36. The zero-order valence-corrected chi connectivity index (χ0v) is 20.3. The quantitative estimate of drug-likeness (QED) is 0.462. The third-order valence-corrected chi connectivity index (χ3v) is 7.02. The number of rotatable bonds is 9. The average Bonchev–Trinajstić information content (AvgIpc) is 3.57. The van der Waals surface area contributed by atoms with Gasteiger partial charge < -0.3 is 14.8 Å². The van der Waals surface area contributed by atoms with Gasteiger partial charge in [-0.2, -0.15) is 0 Å². The summed E-state index contributed by atoms with van der Waals surface area (Å²) >= 11 is 1.53. The minimum atomic E-state index is -0.852. The van der Waals surface area contributed by atoms with E-state index >= 15 is 0 Å². The molecule has 0 saturated heterocycles. The predicted molar refractivity (Wildman–Crippen MR) is 135 cm³/mol. The zero-order valence-electron chi connectivity index (χ0n) is 19.5. The molecule has 3 aromatic rings. The Kier molecular flexibility index (Phi) is 7.85. The number of carbonyl (C=O) groups excluding carboxylic acids is 2. The van der Waals surface area contributed by atoms with Crippen LogP contribution in [0, 0.1) is 0 Å². The summed E-state index contributed by atoms with van der Waals surface area (Å²) in [6, 6.07) is 17.9. The molecule has 0 spiro atoms. The Morgan fingerprint density at radius 1 is 1.00 bits per heavy atom. The SMILES string of the molecule is COc1ccc(C(C(=O)NC2CCCC2)N(C(=O)Cc2cccs2)c2ccccc2)cc1OC. The highest BCUT2D eigenvalue weighted by molar-refractivity contribution is 7.10. The van der Waals surface area contributed by atoms with Gasteiger partial charge in [-0.05, 0) is 54.1 Å². The molecule has 6 nitrogen and oxygen atoms in total. The zero-order chi connectivity index (χ0) is 23.9. The van der Waals surface area contributed by atoms with Crippen molar-refractivity contribution in [2.75, 3.05) is 19.1 Å². The number of nitrogens with zero attached hydrogens (tertiary/aromatic N) is 1. The van der Waals surface area contributed by atoms with Crippen LogP contribution in [0.4, 0.5) is 5.69 Å². The van der Waals surface area contributed by atoms with Crippen LogP contribution in [-0.2, 0) is 16.0 Å². The number of ether oxygens (including phenoxy) is 2. The molecule has 1 aliphatic carbocycles. The Morgan fingerprint density at radius 3 is 2.38 bits per heavy atom. The highest BCUT2D eigenvalue weighted by Crippen LogP contribution is 2.35. The van der Waals surface area contributed by atoms with E-state index in [2.05, 4.69) is 5.32 Å². The molecule has 4 rings (SSSR count). The van der Waals surface area contributed by atoms with Gasteiger partial charge in [-0.1, -0.05) is 43.2 Å². The highest BCUT2D eigenvalue weighted by atomic mass is 32.1. The largest absolute Gasteiger partial charge is 0.493 e. The average molecular weight is 479 g/mol. The third-order valence-electron chi connectivity index (χ3n) is 6.14. The number of anilines is 1. The molecule has 1 atom stereocenters. The lowest BCUT2D eigenvalue weighted by atomic mass is 10.0. The van der Waals surface area contributed by atoms with Gasteiger partial charge in [0.15, 0.2) is 11.5 Å². The van der Waals surface area contributed by atoms with Crippen molar-refractivity contribution in [2.24, 2.45) is 0 Å². The number of amides is 2. The summed E-state index contributed by atoms with van der Waals surface area (Å²) in [4.78, 5) is 30.1. The topological polar surface area (TPSA) is 67.9 Å². The van der Waals surface area contributed by atoms with Gasteiger partial charge in [-0.25, -0.2) is 0 Å². The van der Waals surface area contributed by atoms with Crippen molar-refractivity contribution in [3.05, 3.63) is 76.5 Å². The molecule has 1 saturated carbocycles. The second-order valence-corrected chi connectivity index (χ2v) is 9.39. The van der Waals surface area contributed by atoms with Gasteiger partial charge >= 0.3 is 0 Å². The number of hydrogen-bond acceptors (Lipinski definition) is 5. The van der Waals surface area contributed by atoms with Crippen molar-refractivity contribution < 1.29 is 19.1 Å². The van der Waals surface area contributed by atoms with E-state index in [9.17, 15) is 9.59 Å². The lowest BCUT2D eigenvalue weighted by molar-refractivity contribution is -0.127. The highest BCUT2D eigenvalue weighted by Gasteiger charge is 2.35. The van der Waals surface area contributed by atoms with Crippen LogP contribution < -0.4 is 19.7 Å². The maximum atomic E-state index is 13.8. The molecule has 1 heterocycles.